The number of nitrogens with one attached hydrogen (secondary N) is 1. The normalized spacial score (nSPS) is 15.7. The van der Waals surface area contributed by atoms with E-state index in [-0.39, 0.29) is 40.3 Å². The van der Waals surface area contributed by atoms with Crippen LogP contribution < -0.4 is 15.4 Å². The van der Waals surface area contributed by atoms with Crippen LogP contribution in [0.3, 0.4) is 0 Å². The summed E-state index contributed by atoms with van der Waals surface area (Å²) in [7, 11) is -7.53. The van der Waals surface area contributed by atoms with Gasteiger partial charge < -0.3 is 10.2 Å². The minimum Gasteiger partial charge on any atom is -0.356 e. The SMILES string of the molecule is NS(=O)(=O)c1ccc(CCNC(=O)CCS(=O)(=O)c2cc3c(cc2Br)CCN3C(=O)C2CC2)cc1. The standard InChI is InChI=1S/C23H26BrN3O6S2/c24-19-13-17-8-11-27(23(29)16-3-4-16)20(17)14-21(19)34(30,31)12-9-22(28)26-10-7-15-1-5-18(6-2-15)35(25,32)33/h1-2,5-6,13-14,16H,3-4,7-12H2,(H,26,28)(H2,25,32,33). The topological polar surface area (TPSA) is 144 Å². The molecule has 0 atom stereocenters. The number of primary sulfonamides is 1. The van der Waals surface area contributed by atoms with E-state index in [0.717, 1.165) is 24.0 Å². The summed E-state index contributed by atoms with van der Waals surface area (Å²) >= 11 is 3.35. The molecular formula is C23H26BrN3O6S2. The summed E-state index contributed by atoms with van der Waals surface area (Å²) in [5.41, 5.74) is 2.37. The van der Waals surface area contributed by atoms with Gasteiger partial charge in [-0.1, -0.05) is 12.1 Å². The highest BCUT2D eigenvalue weighted by atomic mass is 79.9. The second-order valence-corrected chi connectivity index (χ2v) is 13.3. The van der Waals surface area contributed by atoms with Crippen LogP contribution in [0, 0.1) is 5.92 Å². The number of benzene rings is 2. The molecule has 1 heterocycles. The largest absolute Gasteiger partial charge is 0.356 e. The number of sulfone groups is 1. The third kappa shape index (κ3) is 6.11. The van der Waals surface area contributed by atoms with Crippen molar-refractivity contribution >= 4 is 53.3 Å². The number of nitrogens with two attached hydrogens (primary N) is 1. The van der Waals surface area contributed by atoms with Crippen LogP contribution in [0.1, 0.15) is 30.4 Å². The summed E-state index contributed by atoms with van der Waals surface area (Å²) in [4.78, 5) is 26.6. The van der Waals surface area contributed by atoms with E-state index in [1.54, 1.807) is 29.2 Å². The maximum atomic E-state index is 13.0. The first-order valence-electron chi connectivity index (χ1n) is 11.2. The molecule has 12 heteroatoms. The van der Waals surface area contributed by atoms with Crippen molar-refractivity contribution in [2.45, 2.75) is 41.9 Å². The summed E-state index contributed by atoms with van der Waals surface area (Å²) < 4.78 is 49.1. The van der Waals surface area contributed by atoms with Crippen LogP contribution in [-0.4, -0.2) is 47.5 Å². The molecule has 4 rings (SSSR count). The molecule has 0 aromatic heterocycles. The van der Waals surface area contributed by atoms with Gasteiger partial charge in [-0.15, -0.1) is 0 Å². The number of nitrogens with zero attached hydrogens (tertiary/aromatic N) is 1. The van der Waals surface area contributed by atoms with Crippen molar-refractivity contribution in [1.82, 2.24) is 5.32 Å². The van der Waals surface area contributed by atoms with Gasteiger partial charge in [0, 0.05) is 35.6 Å². The quantitative estimate of drug-likeness (QED) is 0.461. The van der Waals surface area contributed by atoms with E-state index in [0.29, 0.717) is 29.5 Å². The number of rotatable bonds is 9. The van der Waals surface area contributed by atoms with Gasteiger partial charge in [-0.3, -0.25) is 9.59 Å². The molecule has 9 nitrogen and oxygen atoms in total. The van der Waals surface area contributed by atoms with Crippen LogP contribution in [0.25, 0.3) is 0 Å². The molecule has 1 aliphatic heterocycles. The molecule has 1 aliphatic carbocycles. The van der Waals surface area contributed by atoms with Gasteiger partial charge in [-0.05, 0) is 77.0 Å². The lowest BCUT2D eigenvalue weighted by atomic mass is 10.1. The monoisotopic (exact) mass is 583 g/mol. The fourth-order valence-electron chi connectivity index (χ4n) is 4.02. The second-order valence-electron chi connectivity index (χ2n) is 8.78. The maximum absolute atomic E-state index is 13.0. The van der Waals surface area contributed by atoms with E-state index in [1.807, 2.05) is 0 Å². The highest BCUT2D eigenvalue weighted by Gasteiger charge is 2.37. The van der Waals surface area contributed by atoms with E-state index in [4.69, 9.17) is 5.14 Å². The molecule has 0 unspecified atom stereocenters. The molecule has 2 aromatic rings. The van der Waals surface area contributed by atoms with Gasteiger partial charge in [-0.25, -0.2) is 22.0 Å². The van der Waals surface area contributed by atoms with Gasteiger partial charge in [0.05, 0.1) is 15.5 Å². The van der Waals surface area contributed by atoms with E-state index >= 15 is 0 Å². The molecule has 3 N–H and O–H groups in total. The Labute approximate surface area is 213 Å². The van der Waals surface area contributed by atoms with Crippen molar-refractivity contribution in [3.63, 3.8) is 0 Å². The van der Waals surface area contributed by atoms with E-state index < -0.39 is 25.8 Å². The van der Waals surface area contributed by atoms with Crippen molar-refractivity contribution in [3.05, 3.63) is 52.0 Å². The zero-order chi connectivity index (χ0) is 25.4. The number of fused-ring (bicyclic) bond motifs is 1. The highest BCUT2D eigenvalue weighted by Crippen LogP contribution is 2.39. The minimum absolute atomic E-state index is 0.00762. The van der Waals surface area contributed by atoms with Gasteiger partial charge in [0.15, 0.2) is 9.84 Å². The average molecular weight is 585 g/mol. The summed E-state index contributed by atoms with van der Waals surface area (Å²) in [6.45, 7) is 0.822. The average Bonchev–Trinajstić information content (AvgIpc) is 3.57. The van der Waals surface area contributed by atoms with Gasteiger partial charge in [0.2, 0.25) is 21.8 Å². The van der Waals surface area contributed by atoms with Crippen LogP contribution in [0.15, 0.2) is 50.7 Å². The number of sulfonamides is 1. The lowest BCUT2D eigenvalue weighted by Gasteiger charge is -2.18. The molecule has 1 fully saturated rings. The van der Waals surface area contributed by atoms with E-state index in [1.165, 1.54) is 12.1 Å². The Morgan fingerprint density at radius 3 is 2.40 bits per heavy atom. The molecule has 0 saturated heterocycles. The Morgan fingerprint density at radius 1 is 1.09 bits per heavy atom. The van der Waals surface area contributed by atoms with Crippen molar-refractivity contribution < 1.29 is 26.4 Å². The predicted octanol–water partition coefficient (Wildman–Crippen LogP) is 1.92. The number of carbonyl (C=O) groups excluding carboxylic acids is 2. The highest BCUT2D eigenvalue weighted by molar-refractivity contribution is 9.10. The third-order valence-electron chi connectivity index (χ3n) is 6.14. The molecular weight excluding hydrogens is 558 g/mol. The molecule has 2 aromatic carbocycles. The van der Waals surface area contributed by atoms with Crippen LogP contribution >= 0.6 is 15.9 Å². The molecule has 188 valence electrons. The molecule has 0 bridgehead atoms. The fraction of sp³-hybridized carbons (Fsp3) is 0.391. The first-order valence-corrected chi connectivity index (χ1v) is 15.2. The van der Waals surface area contributed by atoms with Gasteiger partial charge in [-0.2, -0.15) is 0 Å². The number of anilines is 1. The van der Waals surface area contributed by atoms with Crippen LogP contribution in [0.2, 0.25) is 0 Å². The zero-order valence-electron chi connectivity index (χ0n) is 18.9. The lowest BCUT2D eigenvalue weighted by molar-refractivity contribution is -0.121. The minimum atomic E-state index is -3.77. The van der Waals surface area contributed by atoms with Crippen LogP contribution in [0.4, 0.5) is 5.69 Å². The Morgan fingerprint density at radius 2 is 1.77 bits per heavy atom. The molecule has 0 radical (unpaired) electrons. The van der Waals surface area contributed by atoms with Crippen molar-refractivity contribution in [1.29, 1.82) is 0 Å². The number of amides is 2. The smallest absolute Gasteiger partial charge is 0.238 e. The van der Waals surface area contributed by atoms with Gasteiger partial charge in [0.25, 0.3) is 0 Å². The number of halogens is 1. The molecule has 1 saturated carbocycles. The van der Waals surface area contributed by atoms with Crippen molar-refractivity contribution in [2.24, 2.45) is 11.1 Å². The first-order chi connectivity index (χ1) is 16.5. The Hall–Kier alpha value is -2.28. The Balaban J connectivity index is 1.33. The Bertz CT molecular complexity index is 1370. The summed E-state index contributed by atoms with van der Waals surface area (Å²) in [6, 6.07) is 9.31. The maximum Gasteiger partial charge on any atom is 0.238 e. The number of carbonyl (C=O) groups is 2. The van der Waals surface area contributed by atoms with Gasteiger partial charge >= 0.3 is 0 Å². The third-order valence-corrected chi connectivity index (χ3v) is 9.74. The van der Waals surface area contributed by atoms with Crippen LogP contribution in [0.5, 0.6) is 0 Å². The zero-order valence-corrected chi connectivity index (χ0v) is 22.1. The summed E-state index contributed by atoms with van der Waals surface area (Å²) in [5, 5.41) is 7.76. The van der Waals surface area contributed by atoms with E-state index in [9.17, 15) is 26.4 Å². The summed E-state index contributed by atoms with van der Waals surface area (Å²) in [6.07, 6.45) is 2.68. The number of hydrogen-bond acceptors (Lipinski definition) is 6. The van der Waals surface area contributed by atoms with Gasteiger partial charge in [0.1, 0.15) is 0 Å². The Kier molecular flexibility index (Phi) is 7.37. The molecule has 2 aliphatic rings. The number of hydrogen-bond donors (Lipinski definition) is 2. The fourth-order valence-corrected chi connectivity index (χ4v) is 6.99. The molecule has 0 spiro atoms. The predicted molar refractivity (Wildman–Crippen MR) is 134 cm³/mol. The molecule has 35 heavy (non-hydrogen) atoms. The summed E-state index contributed by atoms with van der Waals surface area (Å²) in [5.74, 6) is -0.679. The van der Waals surface area contributed by atoms with E-state index in [2.05, 4.69) is 21.2 Å². The molecule has 2 amide bonds. The van der Waals surface area contributed by atoms with Crippen molar-refractivity contribution in [3.8, 4) is 0 Å². The second kappa shape index (κ2) is 10.00. The first kappa shape index (κ1) is 25.8. The van der Waals surface area contributed by atoms with Crippen LogP contribution in [-0.2, 0) is 42.3 Å². The van der Waals surface area contributed by atoms with Crippen molar-refractivity contribution in [2.75, 3.05) is 23.7 Å². The lowest BCUT2D eigenvalue weighted by Crippen LogP contribution is -2.30.